The van der Waals surface area contributed by atoms with E-state index < -0.39 is 0 Å². The van der Waals surface area contributed by atoms with Crippen LogP contribution in [-0.4, -0.2) is 18.9 Å². The Hall–Kier alpha value is -3.80. The quantitative estimate of drug-likeness (QED) is 0.484. The molecule has 0 fully saturated rings. The molecule has 6 heteroatoms. The van der Waals surface area contributed by atoms with Gasteiger partial charge in [-0.3, -0.25) is 4.79 Å². The van der Waals surface area contributed by atoms with Gasteiger partial charge in [-0.15, -0.1) is 0 Å². The third-order valence-electron chi connectivity index (χ3n) is 4.86. The van der Waals surface area contributed by atoms with Crippen LogP contribution in [0.2, 0.25) is 0 Å². The number of rotatable bonds is 3. The Balaban J connectivity index is 1.54. The molecule has 0 aliphatic carbocycles. The molecule has 0 atom stereocenters. The monoisotopic (exact) mass is 370 g/mol. The lowest BCUT2D eigenvalue weighted by molar-refractivity contribution is 0.599. The number of benzene rings is 2. The SMILES string of the molecule is O=c1cnc2ccccc2n1Cc1ccc(-c2ccc3nccn3c2)cc1F. The van der Waals surface area contributed by atoms with E-state index in [0.717, 1.165) is 16.8 Å². The van der Waals surface area contributed by atoms with Gasteiger partial charge in [0.05, 0.1) is 23.8 Å². The first kappa shape index (κ1) is 16.4. The second-order valence-electron chi connectivity index (χ2n) is 6.59. The summed E-state index contributed by atoms with van der Waals surface area (Å²) in [6.07, 6.45) is 6.76. The fourth-order valence-corrected chi connectivity index (χ4v) is 3.39. The van der Waals surface area contributed by atoms with Crippen LogP contribution < -0.4 is 5.56 Å². The van der Waals surface area contributed by atoms with Gasteiger partial charge in [0.1, 0.15) is 11.5 Å². The highest BCUT2D eigenvalue weighted by Gasteiger charge is 2.10. The average molecular weight is 370 g/mol. The molecule has 3 heterocycles. The van der Waals surface area contributed by atoms with Crippen molar-refractivity contribution in [2.45, 2.75) is 6.54 Å². The smallest absolute Gasteiger partial charge is 0.269 e. The maximum atomic E-state index is 14.9. The van der Waals surface area contributed by atoms with Gasteiger partial charge >= 0.3 is 0 Å². The number of nitrogens with zero attached hydrogens (tertiary/aromatic N) is 4. The predicted octanol–water partition coefficient (Wildman–Crippen LogP) is 3.90. The van der Waals surface area contributed by atoms with Crippen LogP contribution in [-0.2, 0) is 6.54 Å². The molecular weight excluding hydrogens is 355 g/mol. The fourth-order valence-electron chi connectivity index (χ4n) is 3.39. The topological polar surface area (TPSA) is 52.2 Å². The van der Waals surface area contributed by atoms with Gasteiger partial charge in [-0.1, -0.05) is 24.3 Å². The Labute approximate surface area is 159 Å². The molecule has 3 aromatic heterocycles. The number of pyridine rings is 1. The molecule has 28 heavy (non-hydrogen) atoms. The van der Waals surface area contributed by atoms with Crippen LogP contribution in [0.15, 0.2) is 84.2 Å². The first-order valence-corrected chi connectivity index (χ1v) is 8.85. The minimum absolute atomic E-state index is 0.147. The summed E-state index contributed by atoms with van der Waals surface area (Å²) >= 11 is 0. The van der Waals surface area contributed by atoms with Crippen molar-refractivity contribution in [3.8, 4) is 11.1 Å². The van der Waals surface area contributed by atoms with E-state index in [4.69, 9.17) is 0 Å². The van der Waals surface area contributed by atoms with Crippen LogP contribution in [0.1, 0.15) is 5.56 Å². The van der Waals surface area contributed by atoms with Gasteiger partial charge in [0.2, 0.25) is 0 Å². The number of hydrogen-bond donors (Lipinski definition) is 0. The molecular formula is C22H15FN4O. The van der Waals surface area contributed by atoms with Crippen molar-refractivity contribution in [2.24, 2.45) is 0 Å². The number of aromatic nitrogens is 4. The van der Waals surface area contributed by atoms with Gasteiger partial charge < -0.3 is 8.97 Å². The summed E-state index contributed by atoms with van der Waals surface area (Å²) in [4.78, 5) is 20.7. The molecule has 0 amide bonds. The van der Waals surface area contributed by atoms with Gasteiger partial charge in [0, 0.05) is 24.2 Å². The predicted molar refractivity (Wildman–Crippen MR) is 106 cm³/mol. The van der Waals surface area contributed by atoms with Gasteiger partial charge in [0.15, 0.2) is 0 Å². The summed E-state index contributed by atoms with van der Waals surface area (Å²) in [6.45, 7) is 0.147. The Morgan fingerprint density at radius 2 is 1.82 bits per heavy atom. The fraction of sp³-hybridized carbons (Fsp3) is 0.0455. The maximum Gasteiger partial charge on any atom is 0.269 e. The van der Waals surface area contributed by atoms with Gasteiger partial charge in [-0.2, -0.15) is 0 Å². The van der Waals surface area contributed by atoms with E-state index in [9.17, 15) is 9.18 Å². The molecule has 5 nitrogen and oxygen atoms in total. The lowest BCUT2D eigenvalue weighted by atomic mass is 10.0. The van der Waals surface area contributed by atoms with Gasteiger partial charge in [-0.25, -0.2) is 14.4 Å². The summed E-state index contributed by atoms with van der Waals surface area (Å²) in [5.41, 5.74) is 4.08. The molecule has 0 saturated heterocycles. The van der Waals surface area contributed by atoms with Crippen molar-refractivity contribution >= 4 is 16.7 Å². The number of fused-ring (bicyclic) bond motifs is 2. The Morgan fingerprint density at radius 1 is 0.964 bits per heavy atom. The van der Waals surface area contributed by atoms with E-state index in [-0.39, 0.29) is 17.9 Å². The van der Waals surface area contributed by atoms with Crippen LogP contribution in [0.5, 0.6) is 0 Å². The van der Waals surface area contributed by atoms with E-state index in [1.165, 1.54) is 16.8 Å². The zero-order chi connectivity index (χ0) is 19.1. The van der Waals surface area contributed by atoms with Crippen LogP contribution in [0.4, 0.5) is 4.39 Å². The highest BCUT2D eigenvalue weighted by atomic mass is 19.1. The zero-order valence-corrected chi connectivity index (χ0v) is 14.8. The van der Waals surface area contributed by atoms with Gasteiger partial charge in [0.25, 0.3) is 5.56 Å². The first-order chi connectivity index (χ1) is 13.7. The summed E-state index contributed by atoms with van der Waals surface area (Å²) in [6, 6.07) is 16.2. The van der Waals surface area contributed by atoms with Crippen molar-refractivity contribution in [3.63, 3.8) is 0 Å². The minimum atomic E-state index is -0.351. The van der Waals surface area contributed by atoms with E-state index >= 15 is 0 Å². The molecule has 136 valence electrons. The number of imidazole rings is 1. The molecule has 0 aliphatic rings. The van der Waals surface area contributed by atoms with E-state index in [1.807, 2.05) is 59.3 Å². The van der Waals surface area contributed by atoms with E-state index in [0.29, 0.717) is 16.6 Å². The minimum Gasteiger partial charge on any atom is -0.306 e. The molecule has 0 saturated carbocycles. The Bertz CT molecular complexity index is 1390. The second kappa shape index (κ2) is 6.42. The van der Waals surface area contributed by atoms with Crippen molar-refractivity contribution in [2.75, 3.05) is 0 Å². The van der Waals surface area contributed by atoms with Gasteiger partial charge in [-0.05, 0) is 41.5 Å². The highest BCUT2D eigenvalue weighted by molar-refractivity contribution is 5.74. The zero-order valence-electron chi connectivity index (χ0n) is 14.8. The first-order valence-electron chi connectivity index (χ1n) is 8.85. The third-order valence-corrected chi connectivity index (χ3v) is 4.86. The Kier molecular flexibility index (Phi) is 3.76. The van der Waals surface area contributed by atoms with Crippen molar-refractivity contribution in [3.05, 3.63) is 101 Å². The van der Waals surface area contributed by atoms with Crippen LogP contribution in [0.3, 0.4) is 0 Å². The molecule has 5 rings (SSSR count). The van der Waals surface area contributed by atoms with Crippen molar-refractivity contribution < 1.29 is 4.39 Å². The number of para-hydroxylation sites is 2. The molecule has 5 aromatic rings. The van der Waals surface area contributed by atoms with Crippen LogP contribution in [0, 0.1) is 5.82 Å². The summed E-state index contributed by atoms with van der Waals surface area (Å²) in [5, 5.41) is 0. The van der Waals surface area contributed by atoms with Crippen molar-refractivity contribution in [1.29, 1.82) is 0 Å². The molecule has 0 aliphatic heterocycles. The van der Waals surface area contributed by atoms with E-state index in [1.54, 1.807) is 12.3 Å². The van der Waals surface area contributed by atoms with E-state index in [2.05, 4.69) is 9.97 Å². The molecule has 0 unspecified atom stereocenters. The molecule has 0 N–H and O–H groups in total. The number of halogens is 1. The second-order valence-corrected chi connectivity index (χ2v) is 6.59. The largest absolute Gasteiger partial charge is 0.306 e. The van der Waals surface area contributed by atoms with Crippen LogP contribution >= 0.6 is 0 Å². The van der Waals surface area contributed by atoms with Crippen molar-refractivity contribution in [1.82, 2.24) is 18.9 Å². The average Bonchev–Trinajstić information content (AvgIpc) is 3.19. The molecule has 0 bridgehead atoms. The number of hydrogen-bond acceptors (Lipinski definition) is 3. The highest BCUT2D eigenvalue weighted by Crippen LogP contribution is 2.23. The summed E-state index contributed by atoms with van der Waals surface area (Å²) in [5.74, 6) is -0.351. The lowest BCUT2D eigenvalue weighted by Gasteiger charge is -2.11. The third kappa shape index (κ3) is 2.75. The molecule has 0 radical (unpaired) electrons. The van der Waals surface area contributed by atoms with Crippen LogP contribution in [0.25, 0.3) is 27.8 Å². The normalized spacial score (nSPS) is 11.3. The lowest BCUT2D eigenvalue weighted by Crippen LogP contribution is -2.21. The maximum absolute atomic E-state index is 14.9. The Morgan fingerprint density at radius 3 is 2.71 bits per heavy atom. The standard InChI is InChI=1S/C22H15FN4O/c23-18-11-15(16-7-8-21-24-9-10-26(21)13-16)5-6-17(18)14-27-20-4-2-1-3-19(20)25-12-22(27)28/h1-13H,14H2. The summed E-state index contributed by atoms with van der Waals surface area (Å²) in [7, 11) is 0. The molecule has 0 spiro atoms. The molecule has 2 aromatic carbocycles. The summed E-state index contributed by atoms with van der Waals surface area (Å²) < 4.78 is 18.3.